The average Bonchev–Trinajstić information content (AvgIpc) is 3.22. The van der Waals surface area contributed by atoms with Crippen LogP contribution in [0.25, 0.3) is 12.2 Å². The van der Waals surface area contributed by atoms with Crippen molar-refractivity contribution in [3.63, 3.8) is 0 Å². The third kappa shape index (κ3) is 8.25. The summed E-state index contributed by atoms with van der Waals surface area (Å²) in [4.78, 5) is 35.6. The number of aliphatic hydroxyl groups is 1. The van der Waals surface area contributed by atoms with Gasteiger partial charge in [0.05, 0.1) is 18.8 Å². The highest BCUT2D eigenvalue weighted by Gasteiger charge is 2.22. The number of carbonyl (C=O) groups excluding carboxylic acids is 3. The molecule has 0 bridgehead atoms. The van der Waals surface area contributed by atoms with E-state index in [1.807, 2.05) is 60.7 Å². The van der Waals surface area contributed by atoms with Crippen LogP contribution in [0.3, 0.4) is 0 Å². The largest absolute Gasteiger partial charge is 0.494 e. The van der Waals surface area contributed by atoms with Gasteiger partial charge >= 0.3 is 5.97 Å². The molecule has 8 nitrogen and oxygen atoms in total. The summed E-state index contributed by atoms with van der Waals surface area (Å²) < 4.78 is 16.2. The molecule has 0 saturated heterocycles. The number of aliphatic hydroxyl groups excluding tert-OH is 1. The predicted molar refractivity (Wildman–Crippen MR) is 135 cm³/mol. The van der Waals surface area contributed by atoms with Gasteiger partial charge in [-0.1, -0.05) is 43.0 Å². The van der Waals surface area contributed by atoms with Gasteiger partial charge in [0, 0.05) is 18.7 Å². The highest BCUT2D eigenvalue weighted by Crippen LogP contribution is 2.17. The van der Waals surface area contributed by atoms with Crippen LogP contribution in [0, 0.1) is 0 Å². The van der Waals surface area contributed by atoms with Crippen molar-refractivity contribution in [1.82, 2.24) is 4.90 Å². The van der Waals surface area contributed by atoms with Crippen LogP contribution in [0.1, 0.15) is 24.0 Å². The van der Waals surface area contributed by atoms with E-state index in [9.17, 15) is 14.4 Å². The molecule has 1 heterocycles. The molecule has 1 aliphatic rings. The number of esters is 1. The van der Waals surface area contributed by atoms with Crippen molar-refractivity contribution >= 4 is 29.9 Å². The standard InChI is InChI=1S/C28H29NO7/c1-21(20-30)28(33)36-19-18-35-25-12-8-23(9-13-25)5-4-22-6-10-24(11-7-22)34-17-3-2-16-29-26(31)14-15-27(29)32/h4-15,30H,1-3,16-20H2/b5-4+. The quantitative estimate of drug-likeness (QED) is 0.142. The Balaban J connectivity index is 1.34. The van der Waals surface area contributed by atoms with Gasteiger partial charge in [-0.05, 0) is 48.2 Å². The zero-order valence-electron chi connectivity index (χ0n) is 19.9. The fraction of sp³-hybridized carbons (Fsp3) is 0.250. The van der Waals surface area contributed by atoms with Crippen molar-refractivity contribution in [2.75, 3.05) is 33.0 Å². The van der Waals surface area contributed by atoms with E-state index in [4.69, 9.17) is 19.3 Å². The molecule has 2 aromatic carbocycles. The molecule has 3 rings (SSSR count). The lowest BCUT2D eigenvalue weighted by molar-refractivity contribution is -0.140. The number of carbonyl (C=O) groups is 3. The minimum absolute atomic E-state index is 0.00836. The van der Waals surface area contributed by atoms with E-state index in [0.717, 1.165) is 23.3 Å². The summed E-state index contributed by atoms with van der Waals surface area (Å²) in [5.74, 6) is 0.271. The van der Waals surface area contributed by atoms with E-state index in [2.05, 4.69) is 6.58 Å². The van der Waals surface area contributed by atoms with Crippen molar-refractivity contribution in [2.24, 2.45) is 0 Å². The number of benzene rings is 2. The summed E-state index contributed by atoms with van der Waals surface area (Å²) in [6, 6.07) is 15.2. The molecule has 0 aromatic heterocycles. The minimum atomic E-state index is -0.635. The summed E-state index contributed by atoms with van der Waals surface area (Å²) in [6.45, 7) is 4.14. The molecule has 8 heteroatoms. The Morgan fingerprint density at radius 2 is 1.33 bits per heavy atom. The summed E-state index contributed by atoms with van der Waals surface area (Å²) in [5.41, 5.74) is 2.03. The van der Waals surface area contributed by atoms with Gasteiger partial charge in [-0.2, -0.15) is 0 Å². The van der Waals surface area contributed by atoms with Gasteiger partial charge in [-0.15, -0.1) is 0 Å². The minimum Gasteiger partial charge on any atom is -0.494 e. The fourth-order valence-electron chi connectivity index (χ4n) is 3.22. The first-order valence-corrected chi connectivity index (χ1v) is 11.6. The molecule has 2 aromatic rings. The fourth-order valence-corrected chi connectivity index (χ4v) is 3.22. The first kappa shape index (κ1) is 26.4. The Hall–Kier alpha value is -4.17. The number of unbranched alkanes of at least 4 members (excludes halogenated alkanes) is 1. The van der Waals surface area contributed by atoms with E-state index in [-0.39, 0.29) is 30.6 Å². The third-order valence-electron chi connectivity index (χ3n) is 5.24. The molecule has 36 heavy (non-hydrogen) atoms. The Morgan fingerprint density at radius 1 is 0.806 bits per heavy atom. The van der Waals surface area contributed by atoms with Crippen molar-refractivity contribution in [3.05, 3.63) is 84.0 Å². The molecule has 1 N–H and O–H groups in total. The first-order chi connectivity index (χ1) is 17.5. The number of ether oxygens (including phenoxy) is 3. The molecule has 0 spiro atoms. The monoisotopic (exact) mass is 491 g/mol. The van der Waals surface area contributed by atoms with Crippen LogP contribution >= 0.6 is 0 Å². The maximum atomic E-state index is 11.5. The molecule has 0 radical (unpaired) electrons. The molecule has 188 valence electrons. The second kappa shape index (κ2) is 13.7. The predicted octanol–water partition coefficient (Wildman–Crippen LogP) is 3.41. The van der Waals surface area contributed by atoms with Crippen LogP contribution in [-0.2, 0) is 19.1 Å². The van der Waals surface area contributed by atoms with Crippen LogP contribution in [0.2, 0.25) is 0 Å². The summed E-state index contributed by atoms with van der Waals surface area (Å²) in [5, 5.41) is 8.82. The molecule has 0 saturated carbocycles. The molecule has 2 amide bonds. The summed E-state index contributed by atoms with van der Waals surface area (Å²) >= 11 is 0. The van der Waals surface area contributed by atoms with Crippen LogP contribution in [-0.4, -0.2) is 60.8 Å². The number of hydrogen-bond acceptors (Lipinski definition) is 7. The average molecular weight is 492 g/mol. The second-order valence-electron chi connectivity index (χ2n) is 7.93. The van der Waals surface area contributed by atoms with Crippen molar-refractivity contribution in [2.45, 2.75) is 12.8 Å². The van der Waals surface area contributed by atoms with Crippen molar-refractivity contribution in [3.8, 4) is 11.5 Å². The van der Waals surface area contributed by atoms with Gasteiger partial charge in [-0.25, -0.2) is 4.79 Å². The normalized spacial score (nSPS) is 12.9. The van der Waals surface area contributed by atoms with Gasteiger partial charge in [-0.3, -0.25) is 14.5 Å². The Kier molecular flexibility index (Phi) is 10.0. The molecule has 0 atom stereocenters. The van der Waals surface area contributed by atoms with E-state index in [0.29, 0.717) is 25.3 Å². The lowest BCUT2D eigenvalue weighted by atomic mass is 10.1. The van der Waals surface area contributed by atoms with Crippen LogP contribution in [0.5, 0.6) is 11.5 Å². The van der Waals surface area contributed by atoms with Gasteiger partial charge < -0.3 is 19.3 Å². The lowest BCUT2D eigenvalue weighted by Crippen LogP contribution is -2.31. The zero-order chi connectivity index (χ0) is 25.8. The van der Waals surface area contributed by atoms with Crippen LogP contribution in [0.4, 0.5) is 0 Å². The first-order valence-electron chi connectivity index (χ1n) is 11.6. The third-order valence-corrected chi connectivity index (χ3v) is 5.24. The number of hydrogen-bond donors (Lipinski definition) is 1. The Labute approximate surface area is 210 Å². The smallest absolute Gasteiger partial charge is 0.335 e. The highest BCUT2D eigenvalue weighted by atomic mass is 16.6. The molecule has 0 fully saturated rings. The van der Waals surface area contributed by atoms with Gasteiger partial charge in [0.1, 0.15) is 24.7 Å². The number of nitrogens with zero attached hydrogens (tertiary/aromatic N) is 1. The Bertz CT molecular complexity index is 1100. The molecule has 0 unspecified atom stereocenters. The van der Waals surface area contributed by atoms with Crippen LogP contribution < -0.4 is 9.47 Å². The van der Waals surface area contributed by atoms with Crippen molar-refractivity contribution in [1.29, 1.82) is 0 Å². The number of amides is 2. The van der Waals surface area contributed by atoms with E-state index in [1.54, 1.807) is 0 Å². The summed E-state index contributed by atoms with van der Waals surface area (Å²) in [7, 11) is 0. The van der Waals surface area contributed by atoms with Crippen molar-refractivity contribution < 1.29 is 33.7 Å². The Morgan fingerprint density at radius 3 is 1.86 bits per heavy atom. The van der Waals surface area contributed by atoms with Gasteiger partial charge in [0.2, 0.25) is 0 Å². The van der Waals surface area contributed by atoms with Crippen LogP contribution in [0.15, 0.2) is 72.8 Å². The zero-order valence-corrected chi connectivity index (χ0v) is 19.9. The molecular formula is C28H29NO7. The van der Waals surface area contributed by atoms with Gasteiger partial charge in [0.15, 0.2) is 0 Å². The maximum absolute atomic E-state index is 11.5. The molecular weight excluding hydrogens is 462 g/mol. The summed E-state index contributed by atoms with van der Waals surface area (Å²) in [6.07, 6.45) is 7.99. The topological polar surface area (TPSA) is 102 Å². The number of rotatable bonds is 14. The van der Waals surface area contributed by atoms with E-state index >= 15 is 0 Å². The SMILES string of the molecule is C=C(CO)C(=O)OCCOc1ccc(/C=C/c2ccc(OCCCCN3C(=O)C=CC3=O)cc2)cc1. The molecule has 0 aliphatic carbocycles. The van der Waals surface area contributed by atoms with Gasteiger partial charge in [0.25, 0.3) is 11.8 Å². The second-order valence-corrected chi connectivity index (χ2v) is 7.93. The highest BCUT2D eigenvalue weighted by molar-refractivity contribution is 6.12. The maximum Gasteiger partial charge on any atom is 0.335 e. The number of imide groups is 1. The van der Waals surface area contributed by atoms with E-state index < -0.39 is 12.6 Å². The van der Waals surface area contributed by atoms with E-state index in [1.165, 1.54) is 17.1 Å². The molecule has 1 aliphatic heterocycles. The lowest BCUT2D eigenvalue weighted by Gasteiger charge is -2.13.